The smallest absolute Gasteiger partial charge is 0.377 e. The van der Waals surface area contributed by atoms with Crippen LogP contribution in [0.1, 0.15) is 12.5 Å². The molecular formula is C11H17FO3Si. The number of benzene rings is 1. The number of rotatable bonds is 6. The van der Waals surface area contributed by atoms with Gasteiger partial charge in [0.15, 0.2) is 0 Å². The van der Waals surface area contributed by atoms with Crippen molar-refractivity contribution in [2.24, 2.45) is 0 Å². The Bertz CT molecular complexity index is 329. The van der Waals surface area contributed by atoms with Gasteiger partial charge in [-0.15, -0.1) is 0 Å². The van der Waals surface area contributed by atoms with E-state index in [9.17, 15) is 4.39 Å². The molecule has 0 bridgehead atoms. The summed E-state index contributed by atoms with van der Waals surface area (Å²) in [5.74, 6) is -0.260. The molecule has 0 spiro atoms. The van der Waals surface area contributed by atoms with Crippen molar-refractivity contribution in [3.63, 3.8) is 0 Å². The maximum absolute atomic E-state index is 13.0. The average Bonchev–Trinajstić information content (AvgIpc) is 2.28. The van der Waals surface area contributed by atoms with Gasteiger partial charge >= 0.3 is 8.80 Å². The molecule has 16 heavy (non-hydrogen) atoms. The molecule has 0 fully saturated rings. The molecule has 1 aromatic carbocycles. The zero-order valence-corrected chi connectivity index (χ0v) is 10.8. The van der Waals surface area contributed by atoms with E-state index < -0.39 is 8.80 Å². The van der Waals surface area contributed by atoms with Gasteiger partial charge < -0.3 is 13.3 Å². The molecule has 0 aliphatic heterocycles. The monoisotopic (exact) mass is 244 g/mol. The van der Waals surface area contributed by atoms with Crippen molar-refractivity contribution in [3.05, 3.63) is 35.6 Å². The minimum atomic E-state index is -2.67. The van der Waals surface area contributed by atoms with Crippen molar-refractivity contribution >= 4 is 8.80 Å². The first-order chi connectivity index (χ1) is 7.65. The quantitative estimate of drug-likeness (QED) is 0.718. The Hall–Kier alpha value is -0.753. The third kappa shape index (κ3) is 3.38. The Morgan fingerprint density at radius 3 is 2.44 bits per heavy atom. The fourth-order valence-electron chi connectivity index (χ4n) is 1.51. The SMILES string of the molecule is CCO[Si](Cc1cccc(F)c1)(OC)OC. The molecule has 0 aliphatic carbocycles. The van der Waals surface area contributed by atoms with Gasteiger partial charge in [0.2, 0.25) is 0 Å². The Labute approximate surface area is 96.5 Å². The molecule has 0 aromatic heterocycles. The lowest BCUT2D eigenvalue weighted by Crippen LogP contribution is -2.46. The maximum atomic E-state index is 13.0. The second-order valence-electron chi connectivity index (χ2n) is 3.33. The van der Waals surface area contributed by atoms with E-state index in [1.807, 2.05) is 13.0 Å². The molecule has 5 heteroatoms. The van der Waals surface area contributed by atoms with Crippen LogP contribution in [0.4, 0.5) is 4.39 Å². The lowest BCUT2D eigenvalue weighted by Gasteiger charge is -2.25. The van der Waals surface area contributed by atoms with Crippen molar-refractivity contribution in [2.75, 3.05) is 20.8 Å². The summed E-state index contributed by atoms with van der Waals surface area (Å²) in [7, 11) is 0.447. The van der Waals surface area contributed by atoms with Crippen LogP contribution < -0.4 is 0 Å². The average molecular weight is 244 g/mol. The van der Waals surface area contributed by atoms with E-state index in [-0.39, 0.29) is 5.82 Å². The Kier molecular flexibility index (Phi) is 5.07. The van der Waals surface area contributed by atoms with E-state index >= 15 is 0 Å². The lowest BCUT2D eigenvalue weighted by atomic mass is 10.2. The van der Waals surface area contributed by atoms with Gasteiger partial charge in [-0.3, -0.25) is 0 Å². The summed E-state index contributed by atoms with van der Waals surface area (Å²) in [5, 5.41) is 0. The first kappa shape index (κ1) is 13.3. The fourth-order valence-corrected chi connectivity index (χ4v) is 3.47. The van der Waals surface area contributed by atoms with Crippen LogP contribution in [0.15, 0.2) is 24.3 Å². The highest BCUT2D eigenvalue weighted by molar-refractivity contribution is 6.60. The largest absolute Gasteiger partial charge is 0.504 e. The second-order valence-corrected chi connectivity index (χ2v) is 6.16. The normalized spacial score (nSPS) is 11.8. The molecule has 0 saturated heterocycles. The van der Waals surface area contributed by atoms with E-state index in [4.69, 9.17) is 13.3 Å². The standard InChI is InChI=1S/C11H17FO3Si/c1-4-15-16(13-2,14-3)9-10-6-5-7-11(12)8-10/h5-8H,4,9H2,1-3H3. The Morgan fingerprint density at radius 2 is 1.94 bits per heavy atom. The molecule has 3 nitrogen and oxygen atoms in total. The molecule has 0 heterocycles. The summed E-state index contributed by atoms with van der Waals surface area (Å²) in [6, 6.07) is 6.86. The van der Waals surface area contributed by atoms with Crippen LogP contribution in [0, 0.1) is 5.82 Å². The second kappa shape index (κ2) is 6.10. The fraction of sp³-hybridized carbons (Fsp3) is 0.455. The number of hydrogen-bond acceptors (Lipinski definition) is 3. The highest BCUT2D eigenvalue weighted by Gasteiger charge is 2.38. The van der Waals surface area contributed by atoms with Crippen LogP contribution in [0.2, 0.25) is 0 Å². The van der Waals surface area contributed by atoms with E-state index in [1.165, 1.54) is 12.1 Å². The highest BCUT2D eigenvalue weighted by Crippen LogP contribution is 2.16. The Morgan fingerprint density at radius 1 is 1.25 bits per heavy atom. The zero-order chi connectivity index (χ0) is 12.0. The summed E-state index contributed by atoms with van der Waals surface area (Å²) < 4.78 is 29.3. The van der Waals surface area contributed by atoms with Crippen LogP contribution in [0.5, 0.6) is 0 Å². The van der Waals surface area contributed by atoms with Crippen LogP contribution in [-0.4, -0.2) is 29.6 Å². The van der Waals surface area contributed by atoms with Gasteiger partial charge in [-0.2, -0.15) is 0 Å². The molecule has 0 aliphatic rings. The van der Waals surface area contributed by atoms with Gasteiger partial charge in [-0.1, -0.05) is 12.1 Å². The Balaban J connectivity index is 2.82. The summed E-state index contributed by atoms with van der Waals surface area (Å²) in [6.07, 6.45) is 0. The van der Waals surface area contributed by atoms with E-state index in [0.717, 1.165) is 5.56 Å². The van der Waals surface area contributed by atoms with E-state index in [1.54, 1.807) is 20.3 Å². The topological polar surface area (TPSA) is 27.7 Å². The molecule has 0 atom stereocenters. The molecule has 0 radical (unpaired) electrons. The maximum Gasteiger partial charge on any atom is 0.504 e. The van der Waals surface area contributed by atoms with Gasteiger partial charge in [-0.25, -0.2) is 4.39 Å². The molecular weight excluding hydrogens is 227 g/mol. The van der Waals surface area contributed by atoms with Crippen LogP contribution in [-0.2, 0) is 19.3 Å². The van der Waals surface area contributed by atoms with Crippen molar-refractivity contribution in [3.8, 4) is 0 Å². The number of hydrogen-bond donors (Lipinski definition) is 0. The van der Waals surface area contributed by atoms with Gasteiger partial charge in [-0.05, 0) is 24.6 Å². The minimum absolute atomic E-state index is 0.260. The molecule has 90 valence electrons. The highest BCUT2D eigenvalue weighted by atomic mass is 28.4. The summed E-state index contributed by atoms with van der Waals surface area (Å²) in [5.41, 5.74) is 0.823. The molecule has 0 N–H and O–H groups in total. The van der Waals surface area contributed by atoms with Crippen molar-refractivity contribution in [1.82, 2.24) is 0 Å². The van der Waals surface area contributed by atoms with Crippen LogP contribution in [0.25, 0.3) is 0 Å². The summed E-state index contributed by atoms with van der Waals surface area (Å²) >= 11 is 0. The molecule has 1 rings (SSSR count). The molecule has 0 saturated carbocycles. The van der Waals surface area contributed by atoms with Gasteiger partial charge in [0.25, 0.3) is 0 Å². The zero-order valence-electron chi connectivity index (χ0n) is 9.83. The van der Waals surface area contributed by atoms with Crippen LogP contribution >= 0.6 is 0 Å². The third-order valence-corrected chi connectivity index (χ3v) is 5.11. The van der Waals surface area contributed by atoms with Gasteiger partial charge in [0.05, 0.1) is 0 Å². The van der Waals surface area contributed by atoms with Crippen molar-refractivity contribution in [1.29, 1.82) is 0 Å². The summed E-state index contributed by atoms with van der Waals surface area (Å²) in [4.78, 5) is 0. The van der Waals surface area contributed by atoms with E-state index in [2.05, 4.69) is 0 Å². The van der Waals surface area contributed by atoms with Gasteiger partial charge in [0, 0.05) is 26.9 Å². The molecule has 1 aromatic rings. The lowest BCUT2D eigenvalue weighted by molar-refractivity contribution is 0.103. The van der Waals surface area contributed by atoms with Crippen molar-refractivity contribution < 1.29 is 17.7 Å². The minimum Gasteiger partial charge on any atom is -0.377 e. The summed E-state index contributed by atoms with van der Waals surface area (Å²) in [6.45, 7) is 2.40. The third-order valence-electron chi connectivity index (χ3n) is 2.30. The van der Waals surface area contributed by atoms with E-state index in [0.29, 0.717) is 12.7 Å². The molecule has 0 amide bonds. The predicted molar refractivity (Wildman–Crippen MR) is 61.5 cm³/mol. The van der Waals surface area contributed by atoms with Gasteiger partial charge in [0.1, 0.15) is 5.82 Å². The molecule has 0 unspecified atom stereocenters. The van der Waals surface area contributed by atoms with Crippen LogP contribution in [0.3, 0.4) is 0 Å². The predicted octanol–water partition coefficient (Wildman–Crippen LogP) is 2.18. The number of halogens is 1. The first-order valence-corrected chi connectivity index (χ1v) is 7.07. The first-order valence-electron chi connectivity index (χ1n) is 5.14. The van der Waals surface area contributed by atoms with Crippen molar-refractivity contribution in [2.45, 2.75) is 13.0 Å².